The van der Waals surface area contributed by atoms with Crippen LogP contribution in [-0.4, -0.2) is 35.2 Å². The second-order valence-electron chi connectivity index (χ2n) is 6.49. The third kappa shape index (κ3) is 4.52. The Morgan fingerprint density at radius 3 is 2.69 bits per heavy atom. The fourth-order valence-electron chi connectivity index (χ4n) is 2.86. The van der Waals surface area contributed by atoms with Gasteiger partial charge < -0.3 is 9.84 Å². The number of aryl methyl sites for hydroxylation is 1. The minimum atomic E-state index is 0.117. The minimum Gasteiger partial charge on any atom is -0.472 e. The molecule has 1 aromatic heterocycles. The molecule has 26 heavy (non-hydrogen) atoms. The van der Waals surface area contributed by atoms with Gasteiger partial charge in [-0.15, -0.1) is 0 Å². The predicted octanol–water partition coefficient (Wildman–Crippen LogP) is 4.20. The highest BCUT2D eigenvalue weighted by Crippen LogP contribution is 2.26. The highest BCUT2D eigenvalue weighted by molar-refractivity contribution is 6.31. The summed E-state index contributed by atoms with van der Waals surface area (Å²) in [6.07, 6.45) is 0. The summed E-state index contributed by atoms with van der Waals surface area (Å²) in [7, 11) is 1.97. The lowest BCUT2D eigenvalue weighted by molar-refractivity contribution is 0.213. The third-order valence-electron chi connectivity index (χ3n) is 4.25. The molecule has 1 N–H and O–H groups in total. The molecule has 5 heteroatoms. The molecule has 0 aliphatic heterocycles. The van der Waals surface area contributed by atoms with Crippen molar-refractivity contribution in [2.24, 2.45) is 0 Å². The first-order valence-electron chi connectivity index (χ1n) is 8.62. The Bertz CT molecular complexity index is 898. The molecule has 0 amide bonds. The summed E-state index contributed by atoms with van der Waals surface area (Å²) in [4.78, 5) is 6.76. The molecule has 0 aliphatic rings. The van der Waals surface area contributed by atoms with Gasteiger partial charge in [-0.1, -0.05) is 41.4 Å². The molecule has 0 aliphatic carbocycles. The molecule has 2 aromatic carbocycles. The maximum atomic E-state index is 9.17. The number of halogens is 1. The Hall–Kier alpha value is -2.14. The van der Waals surface area contributed by atoms with E-state index in [1.807, 2.05) is 48.3 Å². The van der Waals surface area contributed by atoms with Crippen LogP contribution in [0.25, 0.3) is 10.9 Å². The number of rotatable bonds is 7. The Morgan fingerprint density at radius 1 is 1.12 bits per heavy atom. The van der Waals surface area contributed by atoms with E-state index in [0.29, 0.717) is 30.6 Å². The van der Waals surface area contributed by atoms with Gasteiger partial charge in [0.05, 0.1) is 12.1 Å². The van der Waals surface area contributed by atoms with Crippen LogP contribution in [0, 0.1) is 6.92 Å². The second kappa shape index (κ2) is 8.49. The van der Waals surface area contributed by atoms with Crippen LogP contribution in [0.15, 0.2) is 48.5 Å². The summed E-state index contributed by atoms with van der Waals surface area (Å²) in [5.74, 6) is 0.603. The average molecular weight is 371 g/mol. The van der Waals surface area contributed by atoms with Gasteiger partial charge in [-0.3, -0.25) is 4.90 Å². The summed E-state index contributed by atoms with van der Waals surface area (Å²) >= 11 is 6.23. The molecule has 0 saturated carbocycles. The van der Waals surface area contributed by atoms with Gasteiger partial charge in [0.25, 0.3) is 0 Å². The van der Waals surface area contributed by atoms with Gasteiger partial charge in [-0.25, -0.2) is 4.98 Å². The van der Waals surface area contributed by atoms with Gasteiger partial charge in [0.15, 0.2) is 0 Å². The average Bonchev–Trinajstić information content (AvgIpc) is 2.61. The van der Waals surface area contributed by atoms with Crippen LogP contribution in [0.1, 0.15) is 16.7 Å². The van der Waals surface area contributed by atoms with E-state index in [0.717, 1.165) is 22.0 Å². The molecule has 136 valence electrons. The fourth-order valence-corrected chi connectivity index (χ4v) is 3.05. The van der Waals surface area contributed by atoms with Crippen molar-refractivity contribution in [2.45, 2.75) is 20.1 Å². The number of aliphatic hydroxyl groups is 1. The van der Waals surface area contributed by atoms with Crippen molar-refractivity contribution >= 4 is 22.5 Å². The van der Waals surface area contributed by atoms with Crippen molar-refractivity contribution in [1.82, 2.24) is 9.88 Å². The largest absolute Gasteiger partial charge is 0.472 e. The minimum absolute atomic E-state index is 0.117. The van der Waals surface area contributed by atoms with E-state index in [1.165, 1.54) is 5.56 Å². The number of likely N-dealkylation sites (N-methyl/N-ethyl adjacent to an activating group) is 1. The molecule has 0 radical (unpaired) electrons. The highest BCUT2D eigenvalue weighted by atomic mass is 35.5. The van der Waals surface area contributed by atoms with Crippen LogP contribution in [0.4, 0.5) is 0 Å². The van der Waals surface area contributed by atoms with Gasteiger partial charge in [0.2, 0.25) is 5.88 Å². The van der Waals surface area contributed by atoms with Gasteiger partial charge in [-0.05, 0) is 38.2 Å². The summed E-state index contributed by atoms with van der Waals surface area (Å²) < 4.78 is 6.04. The molecule has 0 atom stereocenters. The topological polar surface area (TPSA) is 45.6 Å². The zero-order chi connectivity index (χ0) is 18.5. The molecule has 0 bridgehead atoms. The molecule has 0 spiro atoms. The number of fused-ring (bicyclic) bond motifs is 1. The van der Waals surface area contributed by atoms with Gasteiger partial charge in [0, 0.05) is 34.6 Å². The van der Waals surface area contributed by atoms with Crippen molar-refractivity contribution in [3.63, 3.8) is 0 Å². The first-order chi connectivity index (χ1) is 12.6. The number of nitrogens with zero attached hydrogens (tertiary/aromatic N) is 2. The zero-order valence-corrected chi connectivity index (χ0v) is 15.8. The fraction of sp³-hybridized carbons (Fsp3) is 0.286. The van der Waals surface area contributed by atoms with Crippen molar-refractivity contribution < 1.29 is 9.84 Å². The van der Waals surface area contributed by atoms with Crippen molar-refractivity contribution in [2.75, 3.05) is 20.2 Å². The molecule has 1 heterocycles. The first-order valence-corrected chi connectivity index (χ1v) is 9.00. The van der Waals surface area contributed by atoms with E-state index in [2.05, 4.69) is 19.1 Å². The number of aliphatic hydroxyl groups excluding tert-OH is 1. The van der Waals surface area contributed by atoms with Crippen LogP contribution < -0.4 is 4.74 Å². The van der Waals surface area contributed by atoms with Gasteiger partial charge in [0.1, 0.15) is 6.61 Å². The predicted molar refractivity (Wildman–Crippen MR) is 106 cm³/mol. The Kier molecular flexibility index (Phi) is 6.09. The van der Waals surface area contributed by atoms with E-state index in [9.17, 15) is 5.11 Å². The summed E-state index contributed by atoms with van der Waals surface area (Å²) in [5.41, 5.74) is 4.01. The van der Waals surface area contributed by atoms with Gasteiger partial charge >= 0.3 is 0 Å². The first kappa shape index (κ1) is 18.6. The summed E-state index contributed by atoms with van der Waals surface area (Å²) in [6, 6.07) is 15.9. The molecule has 3 rings (SSSR count). The zero-order valence-electron chi connectivity index (χ0n) is 15.1. The standard InChI is InChI=1S/C21H23ClN2O2/c1-15-7-8-20-17(11-15)12-18(13-24(2)9-10-25)21(23-20)26-14-16-5-3-4-6-19(16)22/h3-8,11-12,25H,9-10,13-14H2,1-2H3. The number of hydrogen-bond acceptors (Lipinski definition) is 4. The van der Waals surface area contributed by atoms with Crippen LogP contribution >= 0.6 is 11.6 Å². The molecule has 3 aromatic rings. The van der Waals surface area contributed by atoms with Crippen LogP contribution in [0.2, 0.25) is 5.02 Å². The van der Waals surface area contributed by atoms with Crippen molar-refractivity contribution in [3.05, 3.63) is 70.2 Å². The second-order valence-corrected chi connectivity index (χ2v) is 6.90. The molecule has 0 fully saturated rings. The van der Waals surface area contributed by atoms with E-state index in [4.69, 9.17) is 21.3 Å². The maximum Gasteiger partial charge on any atom is 0.218 e. The smallest absolute Gasteiger partial charge is 0.218 e. The van der Waals surface area contributed by atoms with Gasteiger partial charge in [-0.2, -0.15) is 0 Å². The Balaban J connectivity index is 1.92. The number of ether oxygens (including phenoxy) is 1. The van der Waals surface area contributed by atoms with Crippen LogP contribution in [0.3, 0.4) is 0 Å². The van der Waals surface area contributed by atoms with E-state index in [-0.39, 0.29) is 6.61 Å². The maximum absolute atomic E-state index is 9.17. The normalized spacial score (nSPS) is 11.3. The Labute approximate surface area is 159 Å². The molecule has 0 unspecified atom stereocenters. The summed E-state index contributed by atoms with van der Waals surface area (Å²) in [5, 5.41) is 10.9. The number of pyridine rings is 1. The number of aromatic nitrogens is 1. The quantitative estimate of drug-likeness (QED) is 0.677. The molecule has 0 saturated heterocycles. The lowest BCUT2D eigenvalue weighted by atomic mass is 10.1. The molecular weight excluding hydrogens is 348 g/mol. The van der Waals surface area contributed by atoms with Crippen LogP contribution in [-0.2, 0) is 13.2 Å². The molecular formula is C21H23ClN2O2. The SMILES string of the molecule is Cc1ccc2nc(OCc3ccccc3Cl)c(CN(C)CCO)cc2c1. The van der Waals surface area contributed by atoms with Crippen molar-refractivity contribution in [3.8, 4) is 5.88 Å². The van der Waals surface area contributed by atoms with E-state index < -0.39 is 0 Å². The highest BCUT2D eigenvalue weighted by Gasteiger charge is 2.12. The van der Waals surface area contributed by atoms with Crippen LogP contribution in [0.5, 0.6) is 5.88 Å². The monoisotopic (exact) mass is 370 g/mol. The third-order valence-corrected chi connectivity index (χ3v) is 4.62. The summed E-state index contributed by atoms with van der Waals surface area (Å²) in [6.45, 7) is 3.79. The lowest BCUT2D eigenvalue weighted by Gasteiger charge is -2.18. The van der Waals surface area contributed by atoms with E-state index in [1.54, 1.807) is 0 Å². The van der Waals surface area contributed by atoms with Crippen molar-refractivity contribution in [1.29, 1.82) is 0 Å². The molecule has 4 nitrogen and oxygen atoms in total. The Morgan fingerprint density at radius 2 is 1.92 bits per heavy atom. The van der Waals surface area contributed by atoms with E-state index >= 15 is 0 Å². The number of benzene rings is 2. The lowest BCUT2D eigenvalue weighted by Crippen LogP contribution is -2.22. The number of hydrogen-bond donors (Lipinski definition) is 1.